The number of nitrogens with zero attached hydrogens (tertiary/aromatic N) is 1. The van der Waals surface area contributed by atoms with Gasteiger partial charge in [-0.05, 0) is 38.5 Å². The van der Waals surface area contributed by atoms with Gasteiger partial charge in [-0.2, -0.15) is 0 Å². The Kier molecular flexibility index (Phi) is 3.50. The maximum absolute atomic E-state index is 11.2. The lowest BCUT2D eigenvalue weighted by Crippen LogP contribution is -2.13. The molecule has 2 rings (SSSR count). The van der Waals surface area contributed by atoms with Gasteiger partial charge in [-0.3, -0.25) is 0 Å². The highest BCUT2D eigenvalue weighted by Crippen LogP contribution is 2.31. The lowest BCUT2D eigenvalue weighted by molar-refractivity contribution is 0.0684. The van der Waals surface area contributed by atoms with Gasteiger partial charge in [0.1, 0.15) is 5.69 Å². The Labute approximate surface area is 115 Å². The van der Waals surface area contributed by atoms with Gasteiger partial charge < -0.3 is 9.67 Å². The Morgan fingerprint density at radius 3 is 2.61 bits per heavy atom. The molecule has 0 aliphatic rings. The molecule has 0 bridgehead atoms. The summed E-state index contributed by atoms with van der Waals surface area (Å²) in [6, 6.07) is 3.55. The smallest absolute Gasteiger partial charge is 0.352 e. The molecule has 0 fully saturated rings. The van der Waals surface area contributed by atoms with Crippen molar-refractivity contribution >= 4 is 28.9 Å². The standard InChI is InChI=1S/C13H14ClNO2S/c1-7-4-11(9(3)18-7)8(2)15-6-10(14)5-12(15)13(16)17/h4-6,8H,1-3H3,(H,16,17). The van der Waals surface area contributed by atoms with Gasteiger partial charge in [-0.1, -0.05) is 11.6 Å². The second kappa shape index (κ2) is 4.78. The topological polar surface area (TPSA) is 42.2 Å². The zero-order valence-electron chi connectivity index (χ0n) is 10.4. The highest BCUT2D eigenvalue weighted by molar-refractivity contribution is 7.12. The molecule has 0 aromatic carbocycles. The monoisotopic (exact) mass is 283 g/mol. The van der Waals surface area contributed by atoms with Gasteiger partial charge in [-0.25, -0.2) is 4.79 Å². The van der Waals surface area contributed by atoms with Crippen LogP contribution in [-0.2, 0) is 0 Å². The molecule has 1 atom stereocenters. The van der Waals surface area contributed by atoms with Crippen molar-refractivity contribution in [2.75, 3.05) is 0 Å². The van der Waals surface area contributed by atoms with E-state index >= 15 is 0 Å². The van der Waals surface area contributed by atoms with E-state index in [0.717, 1.165) is 5.56 Å². The molecule has 0 saturated carbocycles. The van der Waals surface area contributed by atoms with E-state index in [1.165, 1.54) is 15.8 Å². The molecule has 2 aromatic heterocycles. The third-order valence-corrected chi connectivity index (χ3v) is 4.17. The van der Waals surface area contributed by atoms with Gasteiger partial charge >= 0.3 is 5.97 Å². The molecular weight excluding hydrogens is 270 g/mol. The highest BCUT2D eigenvalue weighted by Gasteiger charge is 2.19. The third kappa shape index (κ3) is 2.31. The minimum Gasteiger partial charge on any atom is -0.477 e. The first-order valence-corrected chi connectivity index (χ1v) is 6.77. The van der Waals surface area contributed by atoms with E-state index in [9.17, 15) is 9.90 Å². The first-order chi connectivity index (χ1) is 8.40. The van der Waals surface area contributed by atoms with E-state index in [1.54, 1.807) is 22.1 Å². The van der Waals surface area contributed by atoms with Crippen LogP contribution in [-0.4, -0.2) is 15.6 Å². The van der Waals surface area contributed by atoms with Gasteiger partial charge in [0.15, 0.2) is 0 Å². The first-order valence-electron chi connectivity index (χ1n) is 5.57. The van der Waals surface area contributed by atoms with E-state index in [1.807, 2.05) is 6.92 Å². The van der Waals surface area contributed by atoms with Crippen molar-refractivity contribution in [3.63, 3.8) is 0 Å². The van der Waals surface area contributed by atoms with Crippen molar-refractivity contribution in [2.24, 2.45) is 0 Å². The van der Waals surface area contributed by atoms with Crippen LogP contribution in [0.5, 0.6) is 0 Å². The van der Waals surface area contributed by atoms with Gasteiger partial charge in [0.2, 0.25) is 0 Å². The number of carbonyl (C=O) groups is 1. The highest BCUT2D eigenvalue weighted by atomic mass is 35.5. The van der Waals surface area contributed by atoms with E-state index < -0.39 is 5.97 Å². The maximum Gasteiger partial charge on any atom is 0.352 e. The Morgan fingerprint density at radius 1 is 1.44 bits per heavy atom. The van der Waals surface area contributed by atoms with Crippen LogP contribution < -0.4 is 0 Å². The molecule has 96 valence electrons. The summed E-state index contributed by atoms with van der Waals surface area (Å²) in [6.07, 6.45) is 1.67. The van der Waals surface area contributed by atoms with Crippen molar-refractivity contribution in [3.05, 3.63) is 44.4 Å². The van der Waals surface area contributed by atoms with Gasteiger partial charge in [0.05, 0.1) is 11.1 Å². The average molecular weight is 284 g/mol. The number of thiophene rings is 1. The lowest BCUT2D eigenvalue weighted by atomic mass is 10.1. The molecular formula is C13H14ClNO2S. The summed E-state index contributed by atoms with van der Waals surface area (Å²) in [6.45, 7) is 6.08. The summed E-state index contributed by atoms with van der Waals surface area (Å²) in [4.78, 5) is 13.6. The lowest BCUT2D eigenvalue weighted by Gasteiger charge is -2.15. The van der Waals surface area contributed by atoms with Gasteiger partial charge in [0.25, 0.3) is 0 Å². The summed E-state index contributed by atoms with van der Waals surface area (Å²) in [5, 5.41) is 9.62. The normalized spacial score (nSPS) is 12.7. The number of aryl methyl sites for hydroxylation is 2. The number of hydrogen-bond donors (Lipinski definition) is 1. The zero-order valence-corrected chi connectivity index (χ0v) is 12.0. The van der Waals surface area contributed by atoms with Crippen molar-refractivity contribution in [3.8, 4) is 0 Å². The summed E-state index contributed by atoms with van der Waals surface area (Å²) in [5.41, 5.74) is 1.36. The molecule has 2 aromatic rings. The van der Waals surface area contributed by atoms with Crippen LogP contribution in [0.4, 0.5) is 0 Å². The number of halogens is 1. The number of aromatic nitrogens is 1. The Morgan fingerprint density at radius 2 is 2.11 bits per heavy atom. The largest absolute Gasteiger partial charge is 0.477 e. The fraction of sp³-hybridized carbons (Fsp3) is 0.308. The molecule has 3 nitrogen and oxygen atoms in total. The second-order valence-corrected chi connectivity index (χ2v) is 6.20. The number of hydrogen-bond acceptors (Lipinski definition) is 2. The molecule has 1 N–H and O–H groups in total. The first kappa shape index (κ1) is 13.2. The third-order valence-electron chi connectivity index (χ3n) is 2.98. The predicted molar refractivity (Wildman–Crippen MR) is 74.0 cm³/mol. The van der Waals surface area contributed by atoms with E-state index in [4.69, 9.17) is 11.6 Å². The second-order valence-electron chi connectivity index (χ2n) is 4.30. The SMILES string of the molecule is Cc1cc(C(C)n2cc(Cl)cc2C(=O)O)c(C)s1. The van der Waals surface area contributed by atoms with Crippen LogP contribution >= 0.6 is 22.9 Å². The van der Waals surface area contributed by atoms with Crippen molar-refractivity contribution in [1.29, 1.82) is 0 Å². The van der Waals surface area contributed by atoms with Crippen LogP contribution in [0.1, 0.15) is 38.8 Å². The quantitative estimate of drug-likeness (QED) is 0.920. The molecule has 0 aliphatic heterocycles. The number of aromatic carboxylic acids is 1. The van der Waals surface area contributed by atoms with Crippen LogP contribution in [0.25, 0.3) is 0 Å². The van der Waals surface area contributed by atoms with Crippen LogP contribution in [0.2, 0.25) is 5.02 Å². The van der Waals surface area contributed by atoms with Crippen LogP contribution in [0.3, 0.4) is 0 Å². The Bertz CT molecular complexity index is 600. The molecule has 1 unspecified atom stereocenters. The summed E-state index contributed by atoms with van der Waals surface area (Å²) in [5.74, 6) is -0.960. The minimum atomic E-state index is -0.960. The molecule has 0 aliphatic carbocycles. The maximum atomic E-state index is 11.2. The minimum absolute atomic E-state index is 0.0338. The fourth-order valence-electron chi connectivity index (χ4n) is 2.15. The van der Waals surface area contributed by atoms with Gasteiger partial charge in [0, 0.05) is 16.0 Å². The summed E-state index contributed by atoms with van der Waals surface area (Å²) < 4.78 is 1.71. The van der Waals surface area contributed by atoms with E-state index in [2.05, 4.69) is 19.9 Å². The molecule has 0 saturated heterocycles. The Hall–Kier alpha value is -1.26. The van der Waals surface area contributed by atoms with Crippen molar-refractivity contribution < 1.29 is 9.90 Å². The zero-order chi connectivity index (χ0) is 13.4. The molecule has 0 spiro atoms. The number of rotatable bonds is 3. The van der Waals surface area contributed by atoms with Crippen LogP contribution in [0, 0.1) is 13.8 Å². The fourth-order valence-corrected chi connectivity index (χ4v) is 3.38. The number of carboxylic acid groups (broad SMARTS) is 1. The van der Waals surface area contributed by atoms with E-state index in [0.29, 0.717) is 5.02 Å². The average Bonchev–Trinajstić information content (AvgIpc) is 2.81. The predicted octanol–water partition coefficient (Wildman–Crippen LogP) is 4.13. The molecule has 0 amide bonds. The molecule has 18 heavy (non-hydrogen) atoms. The van der Waals surface area contributed by atoms with E-state index in [-0.39, 0.29) is 11.7 Å². The van der Waals surface area contributed by atoms with Crippen LogP contribution in [0.15, 0.2) is 18.3 Å². The van der Waals surface area contributed by atoms with Crippen molar-refractivity contribution in [2.45, 2.75) is 26.8 Å². The van der Waals surface area contributed by atoms with Gasteiger partial charge in [-0.15, -0.1) is 11.3 Å². The van der Waals surface area contributed by atoms with Crippen molar-refractivity contribution in [1.82, 2.24) is 4.57 Å². The molecule has 0 radical (unpaired) electrons. The molecule has 2 heterocycles. The molecule has 5 heteroatoms. The summed E-state index contributed by atoms with van der Waals surface area (Å²) >= 11 is 7.62. The summed E-state index contributed by atoms with van der Waals surface area (Å²) in [7, 11) is 0. The number of carboxylic acids is 1. The Balaban J connectivity index is 2.48.